The minimum atomic E-state index is -0.0186. The molecule has 0 saturated heterocycles. The van der Waals surface area contributed by atoms with Gasteiger partial charge >= 0.3 is 0 Å². The Morgan fingerprint density at radius 3 is 2.75 bits per heavy atom. The van der Waals surface area contributed by atoms with Gasteiger partial charge in [-0.2, -0.15) is 0 Å². The fourth-order valence-electron chi connectivity index (χ4n) is 0.977. The van der Waals surface area contributed by atoms with Gasteiger partial charge in [0.1, 0.15) is 5.75 Å². The third kappa shape index (κ3) is 1.21. The summed E-state index contributed by atoms with van der Waals surface area (Å²) in [5.74, 6) is -0.0186. The van der Waals surface area contributed by atoms with Crippen LogP contribution in [0.3, 0.4) is 0 Å². The average molecular weight is 163 g/mol. The minimum Gasteiger partial charge on any atom is -0.507 e. The van der Waals surface area contributed by atoms with E-state index in [1.54, 1.807) is 13.0 Å². The van der Waals surface area contributed by atoms with Crippen molar-refractivity contribution >= 4 is 18.7 Å². The van der Waals surface area contributed by atoms with Crippen molar-refractivity contribution in [3.63, 3.8) is 0 Å². The molecule has 0 aromatic heterocycles. The summed E-state index contributed by atoms with van der Waals surface area (Å²) in [6.45, 7) is 5.03. The van der Waals surface area contributed by atoms with E-state index in [1.165, 1.54) is 6.07 Å². The SMILES string of the molecule is C=Nc1ccc(C=O)c(O)c1C. The Bertz CT molecular complexity index is 299. The summed E-state index contributed by atoms with van der Waals surface area (Å²) in [6, 6.07) is 3.16. The molecule has 3 nitrogen and oxygen atoms in total. The van der Waals surface area contributed by atoms with Crippen LogP contribution in [0.2, 0.25) is 0 Å². The number of hydrogen-bond donors (Lipinski definition) is 1. The monoisotopic (exact) mass is 163 g/mol. The zero-order valence-corrected chi connectivity index (χ0v) is 6.74. The third-order valence-electron chi connectivity index (χ3n) is 1.73. The number of carbonyl (C=O) groups excluding carboxylic acids is 1. The maximum Gasteiger partial charge on any atom is 0.153 e. The third-order valence-corrected chi connectivity index (χ3v) is 1.73. The topological polar surface area (TPSA) is 49.7 Å². The first-order valence-electron chi connectivity index (χ1n) is 3.45. The number of aldehydes is 1. The molecule has 0 amide bonds. The molecule has 3 heteroatoms. The Labute approximate surface area is 70.4 Å². The number of carbonyl (C=O) groups is 1. The molecule has 0 spiro atoms. The van der Waals surface area contributed by atoms with Crippen molar-refractivity contribution in [2.24, 2.45) is 4.99 Å². The van der Waals surface area contributed by atoms with Gasteiger partial charge in [0.15, 0.2) is 6.29 Å². The lowest BCUT2D eigenvalue weighted by Crippen LogP contribution is -1.84. The van der Waals surface area contributed by atoms with Crippen LogP contribution < -0.4 is 0 Å². The van der Waals surface area contributed by atoms with Gasteiger partial charge in [0.2, 0.25) is 0 Å². The predicted octanol–water partition coefficient (Wildman–Crippen LogP) is 1.85. The lowest BCUT2D eigenvalue weighted by atomic mass is 10.1. The standard InChI is InChI=1S/C9H9NO2/c1-6-8(10-2)4-3-7(5-11)9(6)12/h3-5,12H,2H2,1H3. The Morgan fingerprint density at radius 1 is 1.58 bits per heavy atom. The Kier molecular flexibility index (Phi) is 2.24. The molecule has 62 valence electrons. The van der Waals surface area contributed by atoms with E-state index in [0.29, 0.717) is 17.5 Å². The number of aliphatic imine (C=N–C) groups is 1. The Hall–Kier alpha value is -1.64. The molecule has 0 aliphatic rings. The van der Waals surface area contributed by atoms with Crippen molar-refractivity contribution in [1.82, 2.24) is 0 Å². The van der Waals surface area contributed by atoms with Gasteiger partial charge in [-0.25, -0.2) is 0 Å². The second-order valence-corrected chi connectivity index (χ2v) is 2.42. The quantitative estimate of drug-likeness (QED) is 0.534. The van der Waals surface area contributed by atoms with Gasteiger partial charge in [-0.15, -0.1) is 0 Å². The molecule has 0 atom stereocenters. The van der Waals surface area contributed by atoms with E-state index in [0.717, 1.165) is 0 Å². The number of benzene rings is 1. The molecule has 0 aliphatic heterocycles. The van der Waals surface area contributed by atoms with Crippen molar-refractivity contribution in [3.05, 3.63) is 23.3 Å². The molecule has 12 heavy (non-hydrogen) atoms. The number of rotatable bonds is 2. The highest BCUT2D eigenvalue weighted by Gasteiger charge is 2.06. The maximum absolute atomic E-state index is 10.4. The van der Waals surface area contributed by atoms with E-state index >= 15 is 0 Å². The van der Waals surface area contributed by atoms with Gasteiger partial charge < -0.3 is 5.11 Å². The van der Waals surface area contributed by atoms with Gasteiger partial charge in [0.25, 0.3) is 0 Å². The molecule has 0 unspecified atom stereocenters. The van der Waals surface area contributed by atoms with Crippen molar-refractivity contribution in [2.45, 2.75) is 6.92 Å². The van der Waals surface area contributed by atoms with Crippen molar-refractivity contribution < 1.29 is 9.90 Å². The smallest absolute Gasteiger partial charge is 0.153 e. The van der Waals surface area contributed by atoms with Crippen LogP contribution in [-0.4, -0.2) is 18.1 Å². The first kappa shape index (κ1) is 8.46. The second-order valence-electron chi connectivity index (χ2n) is 2.42. The van der Waals surface area contributed by atoms with Crippen LogP contribution in [0.25, 0.3) is 0 Å². The van der Waals surface area contributed by atoms with Crippen LogP contribution >= 0.6 is 0 Å². The van der Waals surface area contributed by atoms with E-state index in [9.17, 15) is 9.90 Å². The molecule has 0 fully saturated rings. The van der Waals surface area contributed by atoms with Crippen LogP contribution in [0.5, 0.6) is 5.75 Å². The average Bonchev–Trinajstić information content (AvgIpc) is 2.10. The van der Waals surface area contributed by atoms with E-state index in [2.05, 4.69) is 11.7 Å². The normalized spacial score (nSPS) is 9.42. The highest BCUT2D eigenvalue weighted by molar-refractivity contribution is 5.81. The van der Waals surface area contributed by atoms with Crippen LogP contribution in [0.15, 0.2) is 17.1 Å². The summed E-state index contributed by atoms with van der Waals surface area (Å²) in [5.41, 5.74) is 1.45. The number of phenolic OH excluding ortho intramolecular Hbond substituents is 1. The largest absolute Gasteiger partial charge is 0.507 e. The van der Waals surface area contributed by atoms with Gasteiger partial charge in [0.05, 0.1) is 11.3 Å². The summed E-state index contributed by atoms with van der Waals surface area (Å²) >= 11 is 0. The lowest BCUT2D eigenvalue weighted by molar-refractivity contribution is 0.112. The highest BCUT2D eigenvalue weighted by atomic mass is 16.3. The Balaban J connectivity index is 3.38. The van der Waals surface area contributed by atoms with Crippen LogP contribution in [0.1, 0.15) is 15.9 Å². The molecule has 0 aliphatic carbocycles. The fourth-order valence-corrected chi connectivity index (χ4v) is 0.977. The van der Waals surface area contributed by atoms with E-state index in [1.807, 2.05) is 0 Å². The fraction of sp³-hybridized carbons (Fsp3) is 0.111. The summed E-state index contributed by atoms with van der Waals surface area (Å²) in [4.78, 5) is 14.1. The maximum atomic E-state index is 10.4. The van der Waals surface area contributed by atoms with E-state index in [-0.39, 0.29) is 11.3 Å². The van der Waals surface area contributed by atoms with Gasteiger partial charge in [-0.1, -0.05) is 0 Å². The minimum absolute atomic E-state index is 0.0186. The van der Waals surface area contributed by atoms with Crippen molar-refractivity contribution in [2.75, 3.05) is 0 Å². The molecular weight excluding hydrogens is 154 g/mol. The van der Waals surface area contributed by atoms with E-state index in [4.69, 9.17) is 0 Å². The molecular formula is C9H9NO2. The van der Waals surface area contributed by atoms with Crippen molar-refractivity contribution in [1.29, 1.82) is 0 Å². The molecule has 0 saturated carbocycles. The predicted molar refractivity (Wildman–Crippen MR) is 47.4 cm³/mol. The number of aromatic hydroxyl groups is 1. The number of phenols is 1. The number of hydrogen-bond acceptors (Lipinski definition) is 3. The number of nitrogens with zero attached hydrogens (tertiary/aromatic N) is 1. The van der Waals surface area contributed by atoms with Gasteiger partial charge in [-0.3, -0.25) is 9.79 Å². The van der Waals surface area contributed by atoms with Gasteiger partial charge in [-0.05, 0) is 25.8 Å². The molecule has 1 N–H and O–H groups in total. The first-order valence-corrected chi connectivity index (χ1v) is 3.45. The molecule has 1 aromatic rings. The molecule has 0 bridgehead atoms. The lowest BCUT2D eigenvalue weighted by Gasteiger charge is -2.03. The zero-order chi connectivity index (χ0) is 9.14. The van der Waals surface area contributed by atoms with Crippen LogP contribution in [0.4, 0.5) is 5.69 Å². The Morgan fingerprint density at radius 2 is 2.25 bits per heavy atom. The molecule has 0 heterocycles. The summed E-state index contributed by atoms with van der Waals surface area (Å²) in [5, 5.41) is 9.39. The van der Waals surface area contributed by atoms with E-state index < -0.39 is 0 Å². The molecule has 1 rings (SSSR count). The summed E-state index contributed by atoms with van der Waals surface area (Å²) < 4.78 is 0. The first-order chi connectivity index (χ1) is 5.70. The molecule has 0 radical (unpaired) electrons. The highest BCUT2D eigenvalue weighted by Crippen LogP contribution is 2.28. The van der Waals surface area contributed by atoms with Crippen molar-refractivity contribution in [3.8, 4) is 5.75 Å². The summed E-state index contributed by atoms with van der Waals surface area (Å²) in [7, 11) is 0. The zero-order valence-electron chi connectivity index (χ0n) is 6.74. The second kappa shape index (κ2) is 3.17. The van der Waals surface area contributed by atoms with Gasteiger partial charge in [0, 0.05) is 5.56 Å². The van der Waals surface area contributed by atoms with Crippen LogP contribution in [-0.2, 0) is 0 Å². The van der Waals surface area contributed by atoms with Crippen LogP contribution in [0, 0.1) is 6.92 Å². The molecule has 1 aromatic carbocycles. The summed E-state index contributed by atoms with van der Waals surface area (Å²) in [6.07, 6.45) is 0.606.